The second kappa shape index (κ2) is 3.18. The van der Waals surface area contributed by atoms with Gasteiger partial charge in [0.2, 0.25) is 0 Å². The van der Waals surface area contributed by atoms with Crippen LogP contribution in [0.3, 0.4) is 0 Å². The molecule has 2 nitrogen and oxygen atoms in total. The minimum Gasteiger partial charge on any atom is -0.383 e. The van der Waals surface area contributed by atoms with Gasteiger partial charge in [0.15, 0.2) is 0 Å². The van der Waals surface area contributed by atoms with Gasteiger partial charge in [-0.15, -0.1) is 0 Å². The van der Waals surface area contributed by atoms with Crippen LogP contribution in [-0.4, -0.2) is 19.8 Å². The monoisotopic (exact) mass is 131 g/mol. The highest BCUT2D eigenvalue weighted by Crippen LogP contribution is 2.16. The minimum atomic E-state index is 0.141. The molecule has 2 N–H and O–H groups in total. The van der Waals surface area contributed by atoms with Crippen LogP contribution in [0.5, 0.6) is 0 Å². The zero-order valence-electron chi connectivity index (χ0n) is 6.77. The maximum Gasteiger partial charge on any atom is 0.0618 e. The molecule has 0 saturated carbocycles. The molecule has 1 atom stereocenters. The van der Waals surface area contributed by atoms with Gasteiger partial charge < -0.3 is 10.5 Å². The van der Waals surface area contributed by atoms with Crippen LogP contribution in [0.1, 0.15) is 20.8 Å². The second-order valence-electron chi connectivity index (χ2n) is 3.43. The first-order valence-corrected chi connectivity index (χ1v) is 3.23. The van der Waals surface area contributed by atoms with Gasteiger partial charge in [0.05, 0.1) is 6.61 Å². The molecule has 0 amide bonds. The van der Waals surface area contributed by atoms with Crippen molar-refractivity contribution in [2.24, 2.45) is 11.1 Å². The molecule has 56 valence electrons. The third kappa shape index (κ3) is 3.49. The lowest BCUT2D eigenvalue weighted by Gasteiger charge is -2.25. The maximum atomic E-state index is 5.74. The Kier molecular flexibility index (Phi) is 3.15. The molecule has 0 aromatic heterocycles. The van der Waals surface area contributed by atoms with E-state index in [9.17, 15) is 0 Å². The first kappa shape index (κ1) is 8.92. The number of hydrogen-bond donors (Lipinski definition) is 1. The van der Waals surface area contributed by atoms with E-state index in [0.29, 0.717) is 6.61 Å². The molecule has 0 aliphatic carbocycles. The van der Waals surface area contributed by atoms with Crippen molar-refractivity contribution in [1.82, 2.24) is 0 Å². The normalized spacial score (nSPS) is 15.7. The van der Waals surface area contributed by atoms with Gasteiger partial charge in [-0.1, -0.05) is 20.8 Å². The van der Waals surface area contributed by atoms with Crippen molar-refractivity contribution in [3.05, 3.63) is 0 Å². The Hall–Kier alpha value is -0.0800. The van der Waals surface area contributed by atoms with Gasteiger partial charge >= 0.3 is 0 Å². The fourth-order valence-corrected chi connectivity index (χ4v) is 0.430. The van der Waals surface area contributed by atoms with Crippen molar-refractivity contribution in [2.75, 3.05) is 13.7 Å². The van der Waals surface area contributed by atoms with Gasteiger partial charge in [-0.25, -0.2) is 0 Å². The Bertz CT molecular complexity index is 75.5. The molecule has 0 fully saturated rings. The van der Waals surface area contributed by atoms with Gasteiger partial charge in [-0.2, -0.15) is 0 Å². The summed E-state index contributed by atoms with van der Waals surface area (Å²) >= 11 is 0. The predicted octanol–water partition coefficient (Wildman–Crippen LogP) is 1.01. The van der Waals surface area contributed by atoms with Crippen molar-refractivity contribution < 1.29 is 4.74 Å². The van der Waals surface area contributed by atoms with E-state index in [-0.39, 0.29) is 11.5 Å². The van der Waals surface area contributed by atoms with Gasteiger partial charge in [0.1, 0.15) is 0 Å². The molecule has 0 bridgehead atoms. The summed E-state index contributed by atoms with van der Waals surface area (Å²) in [6.45, 7) is 6.97. The van der Waals surface area contributed by atoms with E-state index in [2.05, 4.69) is 20.8 Å². The highest BCUT2D eigenvalue weighted by Gasteiger charge is 2.19. The first-order chi connectivity index (χ1) is 3.98. The van der Waals surface area contributed by atoms with Crippen molar-refractivity contribution in [2.45, 2.75) is 26.8 Å². The van der Waals surface area contributed by atoms with Gasteiger partial charge in [-0.3, -0.25) is 0 Å². The molecule has 0 aromatic rings. The molecule has 0 unspecified atom stereocenters. The minimum absolute atomic E-state index is 0.141. The van der Waals surface area contributed by atoms with Crippen LogP contribution >= 0.6 is 0 Å². The van der Waals surface area contributed by atoms with E-state index in [1.54, 1.807) is 7.11 Å². The molecule has 0 spiro atoms. The highest BCUT2D eigenvalue weighted by molar-refractivity contribution is 4.75. The van der Waals surface area contributed by atoms with E-state index >= 15 is 0 Å². The Morgan fingerprint density at radius 2 is 1.89 bits per heavy atom. The van der Waals surface area contributed by atoms with Crippen LogP contribution in [0.25, 0.3) is 0 Å². The quantitative estimate of drug-likeness (QED) is 0.607. The van der Waals surface area contributed by atoms with Crippen LogP contribution in [0.4, 0.5) is 0 Å². The SMILES string of the molecule is COC[C@@H](N)C(C)(C)C. The van der Waals surface area contributed by atoms with Crippen LogP contribution in [0.2, 0.25) is 0 Å². The standard InChI is InChI=1S/C7H17NO/c1-7(2,3)6(8)5-9-4/h6H,5,8H2,1-4H3/t6-/m1/s1. The number of rotatable bonds is 2. The average Bonchev–Trinajstić information content (AvgIpc) is 1.64. The molecule has 0 aliphatic heterocycles. The summed E-state index contributed by atoms with van der Waals surface area (Å²) in [5.41, 5.74) is 5.90. The van der Waals surface area contributed by atoms with Crippen LogP contribution in [-0.2, 0) is 4.74 Å². The molecule has 0 rings (SSSR count). The molecule has 0 heterocycles. The van der Waals surface area contributed by atoms with Crippen LogP contribution < -0.4 is 5.73 Å². The summed E-state index contributed by atoms with van der Waals surface area (Å²) < 4.78 is 4.91. The van der Waals surface area contributed by atoms with Crippen molar-refractivity contribution in [1.29, 1.82) is 0 Å². The molecule has 0 radical (unpaired) electrons. The first-order valence-electron chi connectivity index (χ1n) is 3.23. The summed E-state index contributed by atoms with van der Waals surface area (Å²) in [6.07, 6.45) is 0. The lowest BCUT2D eigenvalue weighted by molar-refractivity contribution is 0.135. The van der Waals surface area contributed by atoms with Crippen molar-refractivity contribution in [3.63, 3.8) is 0 Å². The topological polar surface area (TPSA) is 35.2 Å². The van der Waals surface area contributed by atoms with Gasteiger partial charge in [0.25, 0.3) is 0 Å². The molecule has 9 heavy (non-hydrogen) atoms. The predicted molar refractivity (Wildman–Crippen MR) is 39.3 cm³/mol. The van der Waals surface area contributed by atoms with E-state index < -0.39 is 0 Å². The van der Waals surface area contributed by atoms with Crippen LogP contribution in [0, 0.1) is 5.41 Å². The van der Waals surface area contributed by atoms with Crippen LogP contribution in [0.15, 0.2) is 0 Å². The fourth-order valence-electron chi connectivity index (χ4n) is 0.430. The number of methoxy groups -OCH3 is 1. The fraction of sp³-hybridized carbons (Fsp3) is 1.00. The summed E-state index contributed by atoms with van der Waals surface area (Å²) in [7, 11) is 1.67. The van der Waals surface area contributed by atoms with E-state index in [4.69, 9.17) is 10.5 Å². The van der Waals surface area contributed by atoms with E-state index in [0.717, 1.165) is 0 Å². The van der Waals surface area contributed by atoms with Gasteiger partial charge in [0, 0.05) is 13.2 Å². The Morgan fingerprint density at radius 3 is 2.00 bits per heavy atom. The molecular weight excluding hydrogens is 114 g/mol. The second-order valence-corrected chi connectivity index (χ2v) is 3.43. The molecule has 0 aromatic carbocycles. The zero-order valence-corrected chi connectivity index (χ0v) is 6.77. The lowest BCUT2D eigenvalue weighted by Crippen LogP contribution is -2.38. The maximum absolute atomic E-state index is 5.74. The van der Waals surface area contributed by atoms with E-state index in [1.165, 1.54) is 0 Å². The molecule has 0 aliphatic rings. The van der Waals surface area contributed by atoms with E-state index in [1.807, 2.05) is 0 Å². The highest BCUT2D eigenvalue weighted by atomic mass is 16.5. The molecular formula is C7H17NO. The summed E-state index contributed by atoms with van der Waals surface area (Å²) in [5.74, 6) is 0. The Morgan fingerprint density at radius 1 is 1.44 bits per heavy atom. The summed E-state index contributed by atoms with van der Waals surface area (Å²) in [6, 6.07) is 0.141. The summed E-state index contributed by atoms with van der Waals surface area (Å²) in [5, 5.41) is 0. The molecule has 2 heteroatoms. The number of hydrogen-bond acceptors (Lipinski definition) is 2. The average molecular weight is 131 g/mol. The number of nitrogens with two attached hydrogens (primary N) is 1. The summed E-state index contributed by atoms with van der Waals surface area (Å²) in [4.78, 5) is 0. The smallest absolute Gasteiger partial charge is 0.0618 e. The van der Waals surface area contributed by atoms with Crippen molar-refractivity contribution >= 4 is 0 Å². The lowest BCUT2D eigenvalue weighted by atomic mass is 9.88. The largest absolute Gasteiger partial charge is 0.383 e. The van der Waals surface area contributed by atoms with Gasteiger partial charge in [-0.05, 0) is 5.41 Å². The number of ether oxygens (including phenoxy) is 1. The zero-order chi connectivity index (χ0) is 7.49. The Labute approximate surface area is 57.4 Å². The third-order valence-corrected chi connectivity index (χ3v) is 1.46. The molecule has 0 saturated heterocycles. The third-order valence-electron chi connectivity index (χ3n) is 1.46. The Balaban J connectivity index is 3.59. The van der Waals surface area contributed by atoms with Crippen molar-refractivity contribution in [3.8, 4) is 0 Å².